The van der Waals surface area contributed by atoms with Gasteiger partial charge in [0.15, 0.2) is 0 Å². The number of rotatable bonds is 3. The molecular weight excluding hydrogens is 272 g/mol. The van der Waals surface area contributed by atoms with Crippen molar-refractivity contribution >= 4 is 23.5 Å². The van der Waals surface area contributed by atoms with E-state index in [0.717, 1.165) is 29.8 Å². The van der Waals surface area contributed by atoms with Crippen molar-refractivity contribution in [2.24, 2.45) is 4.99 Å². The third-order valence-corrected chi connectivity index (χ3v) is 3.65. The molecule has 0 N–H and O–H groups in total. The zero-order valence-corrected chi connectivity index (χ0v) is 12.0. The number of fused-ring (bicyclic) bond motifs is 1. The van der Waals surface area contributed by atoms with E-state index in [2.05, 4.69) is 26.8 Å². The van der Waals surface area contributed by atoms with Crippen LogP contribution in [0.1, 0.15) is 30.6 Å². The molecule has 1 aliphatic heterocycles. The Bertz CT molecular complexity index is 641. The number of halogens is 1. The molecule has 0 spiro atoms. The average molecular weight is 287 g/mol. The monoisotopic (exact) mass is 286 g/mol. The quantitative estimate of drug-likeness (QED) is 0.867. The van der Waals surface area contributed by atoms with Gasteiger partial charge in [0.05, 0.1) is 16.9 Å². The Labute approximate surface area is 123 Å². The van der Waals surface area contributed by atoms with Crippen LogP contribution in [-0.4, -0.2) is 22.7 Å². The maximum Gasteiger partial charge on any atom is 0.148 e. The third-order valence-electron chi connectivity index (χ3n) is 3.34. The minimum atomic E-state index is -0.109. The summed E-state index contributed by atoms with van der Waals surface area (Å²) in [6.07, 6.45) is 9.90. The first kappa shape index (κ1) is 13.1. The topological polar surface area (TPSA) is 41.4 Å². The number of aromatic nitrogens is 2. The molecule has 4 nitrogen and oxygen atoms in total. The molecule has 3 rings (SSSR count). The highest BCUT2D eigenvalue weighted by molar-refractivity contribution is 6.31. The Morgan fingerprint density at radius 3 is 2.80 bits per heavy atom. The van der Waals surface area contributed by atoms with Gasteiger partial charge in [0.1, 0.15) is 6.17 Å². The van der Waals surface area contributed by atoms with Gasteiger partial charge in [-0.05, 0) is 18.6 Å². The normalized spacial score (nSPS) is 17.1. The lowest BCUT2D eigenvalue weighted by Crippen LogP contribution is -2.32. The van der Waals surface area contributed by atoms with Crippen molar-refractivity contribution in [1.29, 1.82) is 0 Å². The Kier molecular flexibility index (Phi) is 3.65. The van der Waals surface area contributed by atoms with E-state index in [0.29, 0.717) is 5.02 Å². The molecule has 1 atom stereocenters. The summed E-state index contributed by atoms with van der Waals surface area (Å²) in [6.45, 7) is 3.05. The fourth-order valence-corrected chi connectivity index (χ4v) is 2.65. The molecule has 0 aromatic carbocycles. The van der Waals surface area contributed by atoms with E-state index < -0.39 is 0 Å². The molecule has 1 aliphatic rings. The molecule has 20 heavy (non-hydrogen) atoms. The lowest BCUT2D eigenvalue weighted by Gasteiger charge is -2.34. The number of anilines is 1. The van der Waals surface area contributed by atoms with E-state index in [-0.39, 0.29) is 6.17 Å². The van der Waals surface area contributed by atoms with Crippen molar-refractivity contribution in [2.75, 3.05) is 11.4 Å². The second kappa shape index (κ2) is 5.59. The predicted molar refractivity (Wildman–Crippen MR) is 81.5 cm³/mol. The molecule has 0 saturated carbocycles. The molecule has 2 aromatic rings. The first-order valence-corrected chi connectivity index (χ1v) is 7.02. The molecule has 1 unspecified atom stereocenters. The minimum Gasteiger partial charge on any atom is -0.344 e. The van der Waals surface area contributed by atoms with Crippen molar-refractivity contribution in [1.82, 2.24) is 9.97 Å². The van der Waals surface area contributed by atoms with Crippen LogP contribution in [0, 0.1) is 0 Å². The first-order valence-electron chi connectivity index (χ1n) is 6.64. The highest BCUT2D eigenvalue weighted by Gasteiger charge is 2.26. The van der Waals surface area contributed by atoms with Crippen LogP contribution in [0.15, 0.2) is 41.9 Å². The summed E-state index contributed by atoms with van der Waals surface area (Å²) in [4.78, 5) is 15.2. The third kappa shape index (κ3) is 2.27. The summed E-state index contributed by atoms with van der Waals surface area (Å²) in [5.41, 5.74) is 3.16. The van der Waals surface area contributed by atoms with Gasteiger partial charge in [-0.1, -0.05) is 18.5 Å². The van der Waals surface area contributed by atoms with Crippen LogP contribution in [0.4, 0.5) is 5.69 Å². The largest absolute Gasteiger partial charge is 0.344 e. The fourth-order valence-electron chi connectivity index (χ4n) is 2.44. The lowest BCUT2D eigenvalue weighted by atomic mass is 10.1. The fraction of sp³-hybridized carbons (Fsp3) is 0.267. The maximum atomic E-state index is 6.27. The SMILES string of the molecule is CCCN1c2cnccc2C=NC1c1ccncc1Cl. The van der Waals surface area contributed by atoms with Crippen molar-refractivity contribution < 1.29 is 0 Å². The van der Waals surface area contributed by atoms with Crippen LogP contribution in [0.5, 0.6) is 0 Å². The predicted octanol–water partition coefficient (Wildman–Crippen LogP) is 3.48. The van der Waals surface area contributed by atoms with Gasteiger partial charge in [-0.25, -0.2) is 0 Å². The van der Waals surface area contributed by atoms with Crippen LogP contribution in [-0.2, 0) is 0 Å². The molecule has 3 heterocycles. The van der Waals surface area contributed by atoms with E-state index in [1.54, 1.807) is 18.6 Å². The smallest absolute Gasteiger partial charge is 0.148 e. The molecule has 0 bridgehead atoms. The van der Waals surface area contributed by atoms with Gasteiger partial charge in [0.25, 0.3) is 0 Å². The molecule has 2 aromatic heterocycles. The highest BCUT2D eigenvalue weighted by atomic mass is 35.5. The van der Waals surface area contributed by atoms with Crippen LogP contribution < -0.4 is 4.90 Å². The Balaban J connectivity index is 2.07. The average Bonchev–Trinajstić information content (AvgIpc) is 2.49. The summed E-state index contributed by atoms with van der Waals surface area (Å²) in [6, 6.07) is 3.90. The maximum absolute atomic E-state index is 6.27. The zero-order valence-electron chi connectivity index (χ0n) is 11.2. The Morgan fingerprint density at radius 1 is 1.20 bits per heavy atom. The summed E-state index contributed by atoms with van der Waals surface area (Å²) < 4.78 is 0. The van der Waals surface area contributed by atoms with Gasteiger partial charge >= 0.3 is 0 Å². The van der Waals surface area contributed by atoms with Crippen molar-refractivity contribution in [3.63, 3.8) is 0 Å². The summed E-state index contributed by atoms with van der Waals surface area (Å²) >= 11 is 6.27. The molecule has 102 valence electrons. The molecule has 0 radical (unpaired) electrons. The van der Waals surface area contributed by atoms with Gasteiger partial charge in [-0.3, -0.25) is 15.0 Å². The number of hydrogen-bond acceptors (Lipinski definition) is 4. The summed E-state index contributed by atoms with van der Waals surface area (Å²) in [5, 5.41) is 0.642. The van der Waals surface area contributed by atoms with Gasteiger partial charge in [-0.15, -0.1) is 0 Å². The van der Waals surface area contributed by atoms with E-state index >= 15 is 0 Å². The van der Waals surface area contributed by atoms with Gasteiger partial charge < -0.3 is 4.90 Å². The van der Waals surface area contributed by atoms with E-state index in [1.165, 1.54) is 0 Å². The highest BCUT2D eigenvalue weighted by Crippen LogP contribution is 2.35. The van der Waals surface area contributed by atoms with Crippen LogP contribution in [0.25, 0.3) is 0 Å². The van der Waals surface area contributed by atoms with E-state index in [4.69, 9.17) is 11.6 Å². The molecule has 0 fully saturated rings. The zero-order chi connectivity index (χ0) is 13.9. The van der Waals surface area contributed by atoms with Crippen molar-refractivity contribution in [3.8, 4) is 0 Å². The lowest BCUT2D eigenvalue weighted by molar-refractivity contribution is 0.631. The number of aliphatic imine (C=N–C) groups is 1. The van der Waals surface area contributed by atoms with Gasteiger partial charge in [0, 0.05) is 42.5 Å². The van der Waals surface area contributed by atoms with Crippen molar-refractivity contribution in [2.45, 2.75) is 19.5 Å². The Morgan fingerprint density at radius 2 is 2.00 bits per heavy atom. The molecule has 0 aliphatic carbocycles. The van der Waals surface area contributed by atoms with Crippen LogP contribution >= 0.6 is 11.6 Å². The molecular formula is C15H15ClN4. The molecule has 0 saturated heterocycles. The second-order valence-electron chi connectivity index (χ2n) is 4.68. The van der Waals surface area contributed by atoms with Crippen LogP contribution in [0.3, 0.4) is 0 Å². The summed E-state index contributed by atoms with van der Waals surface area (Å²) in [5.74, 6) is 0. The molecule has 5 heteroatoms. The van der Waals surface area contributed by atoms with E-state index in [9.17, 15) is 0 Å². The van der Waals surface area contributed by atoms with Gasteiger partial charge in [-0.2, -0.15) is 0 Å². The number of nitrogens with zero attached hydrogens (tertiary/aromatic N) is 4. The number of hydrogen-bond donors (Lipinski definition) is 0. The first-order chi connectivity index (χ1) is 9.81. The van der Waals surface area contributed by atoms with Crippen molar-refractivity contribution in [3.05, 3.63) is 53.1 Å². The standard InChI is InChI=1S/C15H15ClN4/c1-2-7-20-14-10-18-5-3-11(14)8-19-15(20)12-4-6-17-9-13(12)16/h3-6,8-10,15H,2,7H2,1H3. The second-order valence-corrected chi connectivity index (χ2v) is 5.08. The minimum absolute atomic E-state index is 0.109. The molecule has 0 amide bonds. The van der Waals surface area contributed by atoms with Crippen LogP contribution in [0.2, 0.25) is 5.02 Å². The van der Waals surface area contributed by atoms with E-state index in [1.807, 2.05) is 24.5 Å². The number of pyridine rings is 2. The summed E-state index contributed by atoms with van der Waals surface area (Å²) in [7, 11) is 0. The Hall–Kier alpha value is -1.94. The van der Waals surface area contributed by atoms with Gasteiger partial charge in [0.2, 0.25) is 0 Å².